The highest BCUT2D eigenvalue weighted by Gasteiger charge is 2.42. The summed E-state index contributed by atoms with van der Waals surface area (Å²) in [6, 6.07) is 26.0. The van der Waals surface area contributed by atoms with Crippen molar-refractivity contribution in [2.45, 2.75) is 25.9 Å². The zero-order chi connectivity index (χ0) is 20.3. The summed E-state index contributed by atoms with van der Waals surface area (Å²) in [4.78, 5) is 15.4. The molecule has 4 heteroatoms. The van der Waals surface area contributed by atoms with Crippen molar-refractivity contribution in [2.24, 2.45) is 0 Å². The number of ether oxygens (including phenoxy) is 1. The highest BCUT2D eigenvalue weighted by atomic mass is 16.5. The summed E-state index contributed by atoms with van der Waals surface area (Å²) in [6.07, 6.45) is 0.789. The van der Waals surface area contributed by atoms with Crippen LogP contribution in [0.15, 0.2) is 78.9 Å². The van der Waals surface area contributed by atoms with Gasteiger partial charge in [0.15, 0.2) is 0 Å². The lowest BCUT2D eigenvalue weighted by atomic mass is 9.93. The first-order chi connectivity index (χ1) is 14.1. The molecule has 1 unspecified atom stereocenters. The van der Waals surface area contributed by atoms with Crippen LogP contribution in [-0.2, 0) is 12.1 Å². The molecule has 0 bridgehead atoms. The minimum atomic E-state index is -0.673. The van der Waals surface area contributed by atoms with E-state index in [4.69, 9.17) is 4.74 Å². The Morgan fingerprint density at radius 3 is 2.52 bits per heavy atom. The van der Waals surface area contributed by atoms with Gasteiger partial charge < -0.3 is 15.0 Å². The van der Waals surface area contributed by atoms with E-state index in [1.165, 1.54) is 5.56 Å². The average molecular weight is 386 g/mol. The first-order valence-corrected chi connectivity index (χ1v) is 10.1. The van der Waals surface area contributed by atoms with Crippen molar-refractivity contribution in [1.29, 1.82) is 0 Å². The number of carbonyl (C=O) groups is 1. The Morgan fingerprint density at radius 1 is 0.966 bits per heavy atom. The molecular weight excluding hydrogens is 360 g/mol. The van der Waals surface area contributed by atoms with Crippen molar-refractivity contribution >= 4 is 11.6 Å². The van der Waals surface area contributed by atoms with Gasteiger partial charge in [0.25, 0.3) is 5.91 Å². The van der Waals surface area contributed by atoms with E-state index < -0.39 is 5.66 Å². The first kappa shape index (κ1) is 19.1. The number of rotatable bonds is 6. The molecule has 1 aliphatic heterocycles. The smallest absolute Gasteiger partial charge is 0.258 e. The Kier molecular flexibility index (Phi) is 5.26. The molecule has 0 radical (unpaired) electrons. The van der Waals surface area contributed by atoms with E-state index in [2.05, 4.69) is 24.4 Å². The van der Waals surface area contributed by atoms with Gasteiger partial charge in [0.2, 0.25) is 0 Å². The van der Waals surface area contributed by atoms with E-state index in [9.17, 15) is 4.79 Å². The molecule has 1 N–H and O–H groups in total. The van der Waals surface area contributed by atoms with Crippen molar-refractivity contribution in [2.75, 3.05) is 18.5 Å². The summed E-state index contributed by atoms with van der Waals surface area (Å²) in [5.41, 5.74) is 3.11. The topological polar surface area (TPSA) is 41.6 Å². The fraction of sp³-hybridized carbons (Fsp3) is 0.240. The molecule has 3 aromatic rings. The van der Waals surface area contributed by atoms with Crippen LogP contribution in [-0.4, -0.2) is 24.0 Å². The largest absolute Gasteiger partial charge is 0.494 e. The molecule has 3 aromatic carbocycles. The van der Waals surface area contributed by atoms with Crippen molar-refractivity contribution in [1.82, 2.24) is 4.90 Å². The summed E-state index contributed by atoms with van der Waals surface area (Å²) >= 11 is 0. The lowest BCUT2D eigenvalue weighted by Gasteiger charge is -2.47. The Balaban J connectivity index is 1.73. The lowest BCUT2D eigenvalue weighted by Crippen LogP contribution is -2.56. The lowest BCUT2D eigenvalue weighted by molar-refractivity contribution is 0.0538. The summed E-state index contributed by atoms with van der Waals surface area (Å²) in [5, 5.41) is 3.63. The number of fused-ring (bicyclic) bond motifs is 1. The summed E-state index contributed by atoms with van der Waals surface area (Å²) in [6.45, 7) is 5.25. The number of para-hydroxylation sites is 1. The highest BCUT2D eigenvalue weighted by molar-refractivity contribution is 6.02. The van der Waals surface area contributed by atoms with Crippen molar-refractivity contribution in [3.05, 3.63) is 95.6 Å². The molecule has 29 heavy (non-hydrogen) atoms. The van der Waals surface area contributed by atoms with Gasteiger partial charge in [-0.05, 0) is 50.1 Å². The molecule has 148 valence electrons. The second-order valence-electron chi connectivity index (χ2n) is 7.40. The predicted molar refractivity (Wildman–Crippen MR) is 116 cm³/mol. The van der Waals surface area contributed by atoms with E-state index in [-0.39, 0.29) is 5.91 Å². The fourth-order valence-corrected chi connectivity index (χ4v) is 3.95. The standard InChI is InChI=1S/C25H26N2O2/c1-3-29-21-13-9-12-20(18-21)25(2)26-23-15-8-7-14-22(23)24(28)27(25)17-16-19-10-5-4-6-11-19/h4-15,18,26H,3,16-17H2,1-2H3. The van der Waals surface area contributed by atoms with Crippen molar-refractivity contribution in [3.63, 3.8) is 0 Å². The first-order valence-electron chi connectivity index (χ1n) is 10.1. The maximum atomic E-state index is 13.5. The minimum Gasteiger partial charge on any atom is -0.494 e. The summed E-state index contributed by atoms with van der Waals surface area (Å²) in [5.74, 6) is 0.849. The van der Waals surface area contributed by atoms with Crippen LogP contribution in [0.2, 0.25) is 0 Å². The maximum Gasteiger partial charge on any atom is 0.258 e. The van der Waals surface area contributed by atoms with E-state index in [1.807, 2.05) is 78.6 Å². The zero-order valence-corrected chi connectivity index (χ0v) is 16.9. The molecule has 1 atom stereocenters. The Bertz CT molecular complexity index is 1000. The Morgan fingerprint density at radius 2 is 1.72 bits per heavy atom. The van der Waals surface area contributed by atoms with Crippen LogP contribution in [0.3, 0.4) is 0 Å². The molecule has 1 aliphatic rings. The van der Waals surface area contributed by atoms with Crippen LogP contribution in [0.1, 0.15) is 35.3 Å². The van der Waals surface area contributed by atoms with Gasteiger partial charge >= 0.3 is 0 Å². The van der Waals surface area contributed by atoms with Gasteiger partial charge in [-0.1, -0.05) is 54.6 Å². The summed E-state index contributed by atoms with van der Waals surface area (Å²) < 4.78 is 5.71. The number of benzene rings is 3. The van der Waals surface area contributed by atoms with Crippen LogP contribution < -0.4 is 10.1 Å². The number of nitrogens with one attached hydrogen (secondary N) is 1. The molecule has 4 rings (SSSR count). The van der Waals surface area contributed by atoms with Crippen LogP contribution in [0.25, 0.3) is 0 Å². The van der Waals surface area contributed by atoms with Gasteiger partial charge in [0.1, 0.15) is 11.4 Å². The molecule has 0 saturated carbocycles. The minimum absolute atomic E-state index is 0.0413. The molecular formula is C25H26N2O2. The second-order valence-corrected chi connectivity index (χ2v) is 7.40. The molecule has 1 heterocycles. The van der Waals surface area contributed by atoms with Gasteiger partial charge in [-0.2, -0.15) is 0 Å². The monoisotopic (exact) mass is 386 g/mol. The van der Waals surface area contributed by atoms with Gasteiger partial charge in [0, 0.05) is 17.8 Å². The van der Waals surface area contributed by atoms with Gasteiger partial charge in [-0.25, -0.2) is 0 Å². The number of hydrogen-bond acceptors (Lipinski definition) is 3. The molecule has 0 aliphatic carbocycles. The fourth-order valence-electron chi connectivity index (χ4n) is 3.95. The third-order valence-corrected chi connectivity index (χ3v) is 5.49. The van der Waals surface area contributed by atoms with Gasteiger partial charge in [-0.15, -0.1) is 0 Å². The normalized spacial score (nSPS) is 18.1. The van der Waals surface area contributed by atoms with E-state index in [0.717, 1.165) is 23.4 Å². The van der Waals surface area contributed by atoms with Gasteiger partial charge in [-0.3, -0.25) is 4.79 Å². The van der Waals surface area contributed by atoms with Crippen molar-refractivity contribution in [3.8, 4) is 5.75 Å². The average Bonchev–Trinajstić information content (AvgIpc) is 2.75. The molecule has 0 spiro atoms. The third kappa shape index (κ3) is 3.70. The van der Waals surface area contributed by atoms with Crippen molar-refractivity contribution < 1.29 is 9.53 Å². The Hall–Kier alpha value is -3.27. The number of carbonyl (C=O) groups excluding carboxylic acids is 1. The molecule has 4 nitrogen and oxygen atoms in total. The van der Waals surface area contributed by atoms with E-state index in [1.54, 1.807) is 0 Å². The predicted octanol–water partition coefficient (Wildman–Crippen LogP) is 5.07. The Labute approximate surface area is 172 Å². The second kappa shape index (κ2) is 8.00. The number of hydrogen-bond donors (Lipinski definition) is 1. The molecule has 1 amide bonds. The third-order valence-electron chi connectivity index (χ3n) is 5.49. The molecule has 0 fully saturated rings. The van der Waals surface area contributed by atoms with E-state index >= 15 is 0 Å². The van der Waals surface area contributed by atoms with Crippen LogP contribution in [0.5, 0.6) is 5.75 Å². The van der Waals surface area contributed by atoms with Crippen LogP contribution >= 0.6 is 0 Å². The van der Waals surface area contributed by atoms with Crippen LogP contribution in [0, 0.1) is 0 Å². The number of nitrogens with zero attached hydrogens (tertiary/aromatic N) is 1. The van der Waals surface area contributed by atoms with Crippen LogP contribution in [0.4, 0.5) is 5.69 Å². The quantitative estimate of drug-likeness (QED) is 0.643. The molecule has 0 saturated heterocycles. The van der Waals surface area contributed by atoms with E-state index in [0.29, 0.717) is 18.7 Å². The highest BCUT2D eigenvalue weighted by Crippen LogP contribution is 2.38. The SMILES string of the molecule is CCOc1cccc(C2(C)Nc3ccccc3C(=O)N2CCc2ccccc2)c1. The molecule has 0 aromatic heterocycles. The number of amides is 1. The number of anilines is 1. The summed E-state index contributed by atoms with van der Waals surface area (Å²) in [7, 11) is 0. The van der Waals surface area contributed by atoms with Gasteiger partial charge in [0.05, 0.1) is 12.2 Å². The zero-order valence-electron chi connectivity index (χ0n) is 16.9. The maximum absolute atomic E-state index is 13.5.